The van der Waals surface area contributed by atoms with Crippen molar-refractivity contribution in [2.45, 2.75) is 38.7 Å². The third kappa shape index (κ3) is 4.29. The van der Waals surface area contributed by atoms with E-state index in [0.29, 0.717) is 6.10 Å². The second-order valence-electron chi connectivity index (χ2n) is 6.20. The molecule has 1 amide bonds. The topological polar surface area (TPSA) is 48.0 Å². The highest BCUT2D eigenvalue weighted by molar-refractivity contribution is 5.91. The number of rotatable bonds is 5. The van der Waals surface area contributed by atoms with Gasteiger partial charge in [-0.1, -0.05) is 13.0 Å². The van der Waals surface area contributed by atoms with Crippen LogP contribution >= 0.6 is 0 Å². The summed E-state index contributed by atoms with van der Waals surface area (Å²) in [5.41, 5.74) is 0.937. The fourth-order valence-corrected chi connectivity index (χ4v) is 3.03. The van der Waals surface area contributed by atoms with Gasteiger partial charge >= 0.3 is 0 Å². The van der Waals surface area contributed by atoms with E-state index >= 15 is 0 Å². The fraction of sp³-hybridized carbons (Fsp3) is 0.526. The highest BCUT2D eigenvalue weighted by atomic mass is 16.7. The standard InChI is InChI=1S/C19H25NO4/c1-2-12-22-16-4-3-10-20(11-9-16)19(21)8-6-15-5-7-17-18(13-15)24-14-23-17/h5-8,13,16H,2-4,9-12,14H2,1H3/b8-6+/t16-/m0/s1. The van der Waals surface area contributed by atoms with E-state index < -0.39 is 0 Å². The number of amides is 1. The Morgan fingerprint density at radius 1 is 1.29 bits per heavy atom. The molecule has 0 N–H and O–H groups in total. The first kappa shape index (κ1) is 16.8. The van der Waals surface area contributed by atoms with Crippen LogP contribution in [-0.4, -0.2) is 43.4 Å². The van der Waals surface area contributed by atoms with Crippen molar-refractivity contribution >= 4 is 12.0 Å². The molecule has 1 saturated heterocycles. The third-order valence-corrected chi connectivity index (χ3v) is 4.36. The molecule has 2 aliphatic heterocycles. The predicted octanol–water partition coefficient (Wildman–Crippen LogP) is 3.24. The van der Waals surface area contributed by atoms with Crippen molar-refractivity contribution in [3.05, 3.63) is 29.8 Å². The molecule has 0 unspecified atom stereocenters. The Morgan fingerprint density at radius 2 is 2.17 bits per heavy atom. The Kier molecular flexibility index (Phi) is 5.75. The van der Waals surface area contributed by atoms with Crippen molar-refractivity contribution in [2.75, 3.05) is 26.5 Å². The van der Waals surface area contributed by atoms with Crippen molar-refractivity contribution in [1.82, 2.24) is 4.90 Å². The second kappa shape index (κ2) is 8.20. The van der Waals surface area contributed by atoms with Crippen LogP contribution in [0.5, 0.6) is 11.5 Å². The van der Waals surface area contributed by atoms with Gasteiger partial charge in [0.1, 0.15) is 0 Å². The van der Waals surface area contributed by atoms with Crippen LogP contribution in [0.3, 0.4) is 0 Å². The van der Waals surface area contributed by atoms with Gasteiger partial charge in [0.25, 0.3) is 0 Å². The lowest BCUT2D eigenvalue weighted by molar-refractivity contribution is -0.126. The van der Waals surface area contributed by atoms with Crippen molar-refractivity contribution in [1.29, 1.82) is 0 Å². The second-order valence-corrected chi connectivity index (χ2v) is 6.20. The Morgan fingerprint density at radius 3 is 3.04 bits per heavy atom. The molecule has 5 nitrogen and oxygen atoms in total. The van der Waals surface area contributed by atoms with Crippen LogP contribution < -0.4 is 9.47 Å². The summed E-state index contributed by atoms with van der Waals surface area (Å²) >= 11 is 0. The molecule has 2 heterocycles. The molecule has 1 atom stereocenters. The molecule has 3 rings (SSSR count). The van der Waals surface area contributed by atoms with E-state index in [0.717, 1.165) is 62.4 Å². The lowest BCUT2D eigenvalue weighted by Crippen LogP contribution is -2.30. The van der Waals surface area contributed by atoms with Gasteiger partial charge in [0.2, 0.25) is 12.7 Å². The highest BCUT2D eigenvalue weighted by Gasteiger charge is 2.19. The van der Waals surface area contributed by atoms with Crippen molar-refractivity contribution < 1.29 is 19.0 Å². The van der Waals surface area contributed by atoms with Gasteiger partial charge in [-0.2, -0.15) is 0 Å². The van der Waals surface area contributed by atoms with Gasteiger partial charge in [-0.05, 0) is 49.5 Å². The number of likely N-dealkylation sites (tertiary alicyclic amines) is 1. The zero-order valence-electron chi connectivity index (χ0n) is 14.2. The third-order valence-electron chi connectivity index (χ3n) is 4.36. The maximum absolute atomic E-state index is 12.4. The number of nitrogens with zero attached hydrogens (tertiary/aromatic N) is 1. The quantitative estimate of drug-likeness (QED) is 0.777. The Bertz CT molecular complexity index is 599. The van der Waals surface area contributed by atoms with E-state index in [1.165, 1.54) is 0 Å². The molecule has 0 saturated carbocycles. The van der Waals surface area contributed by atoms with Crippen LogP contribution in [0.1, 0.15) is 38.2 Å². The summed E-state index contributed by atoms with van der Waals surface area (Å²) in [5, 5.41) is 0. The van der Waals surface area contributed by atoms with Crippen LogP contribution in [0.25, 0.3) is 6.08 Å². The average molecular weight is 331 g/mol. The van der Waals surface area contributed by atoms with Crippen LogP contribution in [0, 0.1) is 0 Å². The molecule has 24 heavy (non-hydrogen) atoms. The Hall–Kier alpha value is -2.01. The van der Waals surface area contributed by atoms with E-state index in [2.05, 4.69) is 6.92 Å². The van der Waals surface area contributed by atoms with Crippen molar-refractivity contribution in [3.8, 4) is 11.5 Å². The summed E-state index contributed by atoms with van der Waals surface area (Å²) in [4.78, 5) is 14.3. The lowest BCUT2D eigenvalue weighted by atomic mass is 10.1. The molecular weight excluding hydrogens is 306 g/mol. The maximum Gasteiger partial charge on any atom is 0.246 e. The number of carbonyl (C=O) groups is 1. The van der Waals surface area contributed by atoms with Gasteiger partial charge in [-0.15, -0.1) is 0 Å². The summed E-state index contributed by atoms with van der Waals surface area (Å²) in [6.45, 7) is 4.75. The van der Waals surface area contributed by atoms with Gasteiger partial charge in [0.15, 0.2) is 11.5 Å². The van der Waals surface area contributed by atoms with Crippen molar-refractivity contribution in [2.24, 2.45) is 0 Å². The van der Waals surface area contributed by atoms with E-state index in [4.69, 9.17) is 14.2 Å². The normalized spacial score (nSPS) is 20.4. The minimum Gasteiger partial charge on any atom is -0.454 e. The monoisotopic (exact) mass is 331 g/mol. The number of fused-ring (bicyclic) bond motifs is 1. The van der Waals surface area contributed by atoms with Gasteiger partial charge in [-0.25, -0.2) is 0 Å². The molecule has 1 fully saturated rings. The maximum atomic E-state index is 12.4. The first-order chi connectivity index (χ1) is 11.8. The number of benzene rings is 1. The summed E-state index contributed by atoms with van der Waals surface area (Å²) < 4.78 is 16.5. The van der Waals surface area contributed by atoms with Crippen LogP contribution in [0.2, 0.25) is 0 Å². The minimum atomic E-state index is 0.0591. The molecule has 0 radical (unpaired) electrons. The number of carbonyl (C=O) groups excluding carboxylic acids is 1. The molecule has 0 spiro atoms. The van der Waals surface area contributed by atoms with E-state index in [-0.39, 0.29) is 12.7 Å². The average Bonchev–Trinajstić information content (AvgIpc) is 2.94. The molecule has 5 heteroatoms. The molecule has 1 aromatic carbocycles. The number of ether oxygens (including phenoxy) is 3. The molecule has 0 aliphatic carbocycles. The smallest absolute Gasteiger partial charge is 0.246 e. The summed E-state index contributed by atoms with van der Waals surface area (Å²) in [7, 11) is 0. The van der Waals surface area contributed by atoms with E-state index in [1.54, 1.807) is 6.08 Å². The highest BCUT2D eigenvalue weighted by Crippen LogP contribution is 2.32. The van der Waals surface area contributed by atoms with E-state index in [9.17, 15) is 4.79 Å². The van der Waals surface area contributed by atoms with Crippen LogP contribution in [0.15, 0.2) is 24.3 Å². The summed E-state index contributed by atoms with van der Waals surface area (Å²) in [6, 6.07) is 5.69. The molecule has 0 bridgehead atoms. The zero-order valence-corrected chi connectivity index (χ0v) is 14.2. The van der Waals surface area contributed by atoms with Crippen molar-refractivity contribution in [3.63, 3.8) is 0 Å². The summed E-state index contributed by atoms with van der Waals surface area (Å²) in [6.07, 6.45) is 7.76. The zero-order chi connectivity index (χ0) is 16.8. The Balaban J connectivity index is 1.54. The molecular formula is C19H25NO4. The first-order valence-corrected chi connectivity index (χ1v) is 8.74. The van der Waals surface area contributed by atoms with Crippen LogP contribution in [0.4, 0.5) is 0 Å². The first-order valence-electron chi connectivity index (χ1n) is 8.74. The fourth-order valence-electron chi connectivity index (χ4n) is 3.03. The molecule has 130 valence electrons. The number of hydrogen-bond donors (Lipinski definition) is 0. The molecule has 0 aromatic heterocycles. The largest absolute Gasteiger partial charge is 0.454 e. The lowest BCUT2D eigenvalue weighted by Gasteiger charge is -2.19. The Labute approximate surface area is 143 Å². The summed E-state index contributed by atoms with van der Waals surface area (Å²) in [5.74, 6) is 1.54. The molecule has 2 aliphatic rings. The SMILES string of the molecule is CCCO[C@H]1CCCN(C(=O)/C=C/c2ccc3c(c2)OCO3)CC1. The predicted molar refractivity (Wildman–Crippen MR) is 92.1 cm³/mol. The minimum absolute atomic E-state index is 0.0591. The van der Waals surface area contributed by atoms with Crippen LogP contribution in [-0.2, 0) is 9.53 Å². The van der Waals surface area contributed by atoms with Gasteiger partial charge in [-0.3, -0.25) is 4.79 Å². The van der Waals surface area contributed by atoms with E-state index in [1.807, 2.05) is 29.2 Å². The van der Waals surface area contributed by atoms with Gasteiger partial charge in [0, 0.05) is 25.8 Å². The molecule has 1 aromatic rings. The number of hydrogen-bond acceptors (Lipinski definition) is 4. The van der Waals surface area contributed by atoms with Gasteiger partial charge < -0.3 is 19.1 Å². The van der Waals surface area contributed by atoms with Gasteiger partial charge in [0.05, 0.1) is 6.10 Å².